The normalized spacial score (nSPS) is 28.4. The summed E-state index contributed by atoms with van der Waals surface area (Å²) in [7, 11) is 2.25. The summed E-state index contributed by atoms with van der Waals surface area (Å²) in [5, 5.41) is 0. The van der Waals surface area contributed by atoms with E-state index in [1.54, 1.807) is 0 Å². The van der Waals surface area contributed by atoms with Crippen LogP contribution >= 0.6 is 0 Å². The van der Waals surface area contributed by atoms with Gasteiger partial charge in [-0.3, -0.25) is 4.90 Å². The molecule has 3 heterocycles. The topological polar surface area (TPSA) is 24.9 Å². The highest BCUT2D eigenvalue weighted by atomic mass is 16.5. The van der Waals surface area contributed by atoms with E-state index < -0.39 is 0 Å². The van der Waals surface area contributed by atoms with Crippen molar-refractivity contribution in [2.75, 3.05) is 53.0 Å². The van der Waals surface area contributed by atoms with Gasteiger partial charge < -0.3 is 14.4 Å². The lowest BCUT2D eigenvalue weighted by molar-refractivity contribution is -0.0109. The van der Waals surface area contributed by atoms with E-state index in [1.807, 2.05) is 6.07 Å². The molecule has 0 saturated carbocycles. The molecule has 4 nitrogen and oxygen atoms in total. The van der Waals surface area contributed by atoms with Gasteiger partial charge >= 0.3 is 0 Å². The van der Waals surface area contributed by atoms with Gasteiger partial charge in [0.2, 0.25) is 0 Å². The van der Waals surface area contributed by atoms with E-state index in [0.29, 0.717) is 11.3 Å². The number of likely N-dealkylation sites (tertiary alicyclic amines) is 2. The Morgan fingerprint density at radius 2 is 1.84 bits per heavy atom. The van der Waals surface area contributed by atoms with Gasteiger partial charge in [0.05, 0.1) is 6.61 Å². The fourth-order valence-corrected chi connectivity index (χ4v) is 5.00. The number of hydrogen-bond donors (Lipinski definition) is 0. The number of piperidine rings is 1. The summed E-state index contributed by atoms with van der Waals surface area (Å²) in [6.07, 6.45) is 5.02. The Morgan fingerprint density at radius 1 is 1.12 bits per heavy atom. The van der Waals surface area contributed by atoms with Crippen LogP contribution < -0.4 is 4.74 Å². The first-order chi connectivity index (χ1) is 12.3. The van der Waals surface area contributed by atoms with Crippen molar-refractivity contribution in [3.05, 3.63) is 30.3 Å². The largest absolute Gasteiger partial charge is 0.493 e. The average molecular weight is 344 g/mol. The summed E-state index contributed by atoms with van der Waals surface area (Å²) >= 11 is 0. The molecule has 0 aliphatic carbocycles. The second-order valence-electron chi connectivity index (χ2n) is 8.26. The molecule has 3 fully saturated rings. The lowest BCUT2D eigenvalue weighted by Crippen LogP contribution is -2.44. The van der Waals surface area contributed by atoms with Crippen LogP contribution in [0.4, 0.5) is 0 Å². The summed E-state index contributed by atoms with van der Waals surface area (Å²) in [6.45, 7) is 7.60. The second kappa shape index (κ2) is 7.65. The maximum Gasteiger partial charge on any atom is 0.119 e. The molecule has 4 rings (SSSR count). The Bertz CT molecular complexity index is 536. The van der Waals surface area contributed by atoms with Gasteiger partial charge in [-0.1, -0.05) is 18.2 Å². The summed E-state index contributed by atoms with van der Waals surface area (Å²) in [5.41, 5.74) is 0.399. The fourth-order valence-electron chi connectivity index (χ4n) is 5.00. The monoisotopic (exact) mass is 344 g/mol. The van der Waals surface area contributed by atoms with E-state index in [4.69, 9.17) is 9.47 Å². The SMILES string of the molecule is CN1CCC(N2CC(COc3ccccc3)C3(CCOCC3)C2)CC1. The molecule has 0 aromatic heterocycles. The smallest absolute Gasteiger partial charge is 0.119 e. The molecule has 1 atom stereocenters. The van der Waals surface area contributed by atoms with Gasteiger partial charge in [-0.05, 0) is 63.4 Å². The minimum absolute atomic E-state index is 0.399. The predicted octanol–water partition coefficient (Wildman–Crippen LogP) is 2.89. The number of para-hydroxylation sites is 1. The van der Waals surface area contributed by atoms with Gasteiger partial charge in [0.15, 0.2) is 0 Å². The minimum atomic E-state index is 0.399. The summed E-state index contributed by atoms with van der Waals surface area (Å²) < 4.78 is 11.9. The molecule has 25 heavy (non-hydrogen) atoms. The maximum absolute atomic E-state index is 6.19. The van der Waals surface area contributed by atoms with Crippen molar-refractivity contribution in [2.24, 2.45) is 11.3 Å². The zero-order valence-corrected chi connectivity index (χ0v) is 15.5. The number of nitrogens with zero attached hydrogens (tertiary/aromatic N) is 2. The molecular weight excluding hydrogens is 312 g/mol. The quantitative estimate of drug-likeness (QED) is 0.838. The van der Waals surface area contributed by atoms with Crippen molar-refractivity contribution in [3.8, 4) is 5.75 Å². The average Bonchev–Trinajstić information content (AvgIpc) is 3.00. The van der Waals surface area contributed by atoms with Gasteiger partial charge in [-0.2, -0.15) is 0 Å². The second-order valence-corrected chi connectivity index (χ2v) is 8.26. The van der Waals surface area contributed by atoms with Crippen molar-refractivity contribution in [3.63, 3.8) is 0 Å². The van der Waals surface area contributed by atoms with Gasteiger partial charge in [0.1, 0.15) is 5.75 Å². The molecule has 1 aromatic rings. The molecule has 0 bridgehead atoms. The fraction of sp³-hybridized carbons (Fsp3) is 0.714. The lowest BCUT2D eigenvalue weighted by atomic mass is 9.72. The van der Waals surface area contributed by atoms with Gasteiger partial charge in [-0.25, -0.2) is 0 Å². The zero-order chi connectivity index (χ0) is 17.1. The van der Waals surface area contributed by atoms with Crippen LogP contribution in [0.2, 0.25) is 0 Å². The maximum atomic E-state index is 6.19. The molecule has 1 spiro atoms. The van der Waals surface area contributed by atoms with Crippen LogP contribution in [0.5, 0.6) is 5.75 Å². The Balaban J connectivity index is 1.43. The summed E-state index contributed by atoms with van der Waals surface area (Å²) in [5.74, 6) is 1.62. The van der Waals surface area contributed by atoms with E-state index in [1.165, 1.54) is 51.9 Å². The number of benzene rings is 1. The van der Waals surface area contributed by atoms with E-state index in [0.717, 1.165) is 31.6 Å². The molecule has 0 radical (unpaired) electrons. The highest BCUT2D eigenvalue weighted by Gasteiger charge is 2.49. The highest BCUT2D eigenvalue weighted by molar-refractivity contribution is 5.21. The minimum Gasteiger partial charge on any atom is -0.493 e. The van der Waals surface area contributed by atoms with E-state index in [-0.39, 0.29) is 0 Å². The van der Waals surface area contributed by atoms with Crippen LogP contribution in [0.1, 0.15) is 25.7 Å². The van der Waals surface area contributed by atoms with Crippen molar-refractivity contribution in [1.82, 2.24) is 9.80 Å². The first kappa shape index (κ1) is 17.3. The first-order valence-electron chi connectivity index (χ1n) is 9.93. The predicted molar refractivity (Wildman–Crippen MR) is 100 cm³/mol. The van der Waals surface area contributed by atoms with Gasteiger partial charge in [-0.15, -0.1) is 0 Å². The molecule has 3 aliphatic heterocycles. The Labute approximate surface area is 152 Å². The molecule has 4 heteroatoms. The van der Waals surface area contributed by atoms with Crippen molar-refractivity contribution < 1.29 is 9.47 Å². The van der Waals surface area contributed by atoms with Crippen LogP contribution in [-0.2, 0) is 4.74 Å². The lowest BCUT2D eigenvalue weighted by Gasteiger charge is -2.39. The van der Waals surface area contributed by atoms with Crippen LogP contribution in [0, 0.1) is 11.3 Å². The van der Waals surface area contributed by atoms with Crippen LogP contribution in [0.15, 0.2) is 30.3 Å². The van der Waals surface area contributed by atoms with Crippen molar-refractivity contribution in [1.29, 1.82) is 0 Å². The zero-order valence-electron chi connectivity index (χ0n) is 15.5. The number of rotatable bonds is 4. The summed E-state index contributed by atoms with van der Waals surface area (Å²) in [6, 6.07) is 11.1. The standard InChI is InChI=1S/C21H32N2O2/c1-22-11-7-19(8-12-22)23-15-18(16-25-20-5-3-2-4-6-20)21(17-23)9-13-24-14-10-21/h2-6,18-19H,7-17H2,1H3. The van der Waals surface area contributed by atoms with Crippen molar-refractivity contribution >= 4 is 0 Å². The third kappa shape index (κ3) is 3.86. The molecule has 0 amide bonds. The van der Waals surface area contributed by atoms with E-state index in [9.17, 15) is 0 Å². The molecule has 1 aromatic carbocycles. The van der Waals surface area contributed by atoms with Crippen LogP contribution in [-0.4, -0.2) is 68.9 Å². The molecule has 3 saturated heterocycles. The molecule has 138 valence electrons. The van der Waals surface area contributed by atoms with E-state index in [2.05, 4.69) is 41.1 Å². The third-order valence-corrected chi connectivity index (χ3v) is 6.73. The van der Waals surface area contributed by atoms with Crippen molar-refractivity contribution in [2.45, 2.75) is 31.7 Å². The molecule has 0 N–H and O–H groups in total. The molecular formula is C21H32N2O2. The highest BCUT2D eigenvalue weighted by Crippen LogP contribution is 2.45. The molecule has 3 aliphatic rings. The van der Waals surface area contributed by atoms with Gasteiger partial charge in [0.25, 0.3) is 0 Å². The Kier molecular flexibility index (Phi) is 5.30. The third-order valence-electron chi connectivity index (χ3n) is 6.73. The first-order valence-corrected chi connectivity index (χ1v) is 9.93. The number of hydrogen-bond acceptors (Lipinski definition) is 4. The number of ether oxygens (including phenoxy) is 2. The Morgan fingerprint density at radius 3 is 2.56 bits per heavy atom. The summed E-state index contributed by atoms with van der Waals surface area (Å²) in [4.78, 5) is 5.25. The Hall–Kier alpha value is -1.10. The van der Waals surface area contributed by atoms with Gasteiger partial charge in [0, 0.05) is 38.3 Å². The van der Waals surface area contributed by atoms with Crippen LogP contribution in [0.25, 0.3) is 0 Å². The van der Waals surface area contributed by atoms with E-state index >= 15 is 0 Å². The molecule has 1 unspecified atom stereocenters. The van der Waals surface area contributed by atoms with Crippen LogP contribution in [0.3, 0.4) is 0 Å².